The summed E-state index contributed by atoms with van der Waals surface area (Å²) in [6, 6.07) is 10.0. The normalized spacial score (nSPS) is 10.7. The summed E-state index contributed by atoms with van der Waals surface area (Å²) in [6.45, 7) is 6.73. The van der Waals surface area contributed by atoms with Crippen LogP contribution in [0.1, 0.15) is 20.8 Å². The number of rotatable bonds is 7. The van der Waals surface area contributed by atoms with E-state index in [4.69, 9.17) is 0 Å². The SMILES string of the molecule is CCN(C(=O)CSc1nnc(NC(C)C)s1)c1ccccc1. The largest absolute Gasteiger partial charge is 0.358 e. The third-order valence-electron chi connectivity index (χ3n) is 2.82. The van der Waals surface area contributed by atoms with Crippen molar-refractivity contribution in [3.63, 3.8) is 0 Å². The highest BCUT2D eigenvalue weighted by atomic mass is 32.2. The summed E-state index contributed by atoms with van der Waals surface area (Å²) in [5, 5.41) is 12.2. The zero-order valence-electron chi connectivity index (χ0n) is 12.9. The summed E-state index contributed by atoms with van der Waals surface area (Å²) in [6.07, 6.45) is 0. The van der Waals surface area contributed by atoms with Crippen molar-refractivity contribution in [2.24, 2.45) is 0 Å². The number of thioether (sulfide) groups is 1. The number of hydrogen-bond acceptors (Lipinski definition) is 6. The van der Waals surface area contributed by atoms with Crippen LogP contribution < -0.4 is 10.2 Å². The van der Waals surface area contributed by atoms with Crippen LogP contribution in [0.5, 0.6) is 0 Å². The molecule has 0 radical (unpaired) electrons. The number of para-hydroxylation sites is 1. The molecule has 7 heteroatoms. The van der Waals surface area contributed by atoms with Crippen molar-refractivity contribution >= 4 is 39.8 Å². The molecule has 118 valence electrons. The molecule has 1 N–H and O–H groups in total. The van der Waals surface area contributed by atoms with Crippen molar-refractivity contribution in [3.8, 4) is 0 Å². The maximum absolute atomic E-state index is 12.4. The number of carbonyl (C=O) groups excluding carboxylic acids is 1. The smallest absolute Gasteiger partial charge is 0.237 e. The van der Waals surface area contributed by atoms with Gasteiger partial charge in [0.15, 0.2) is 4.34 Å². The molecule has 2 rings (SSSR count). The van der Waals surface area contributed by atoms with E-state index in [1.54, 1.807) is 4.90 Å². The van der Waals surface area contributed by atoms with E-state index in [-0.39, 0.29) is 5.91 Å². The Kier molecular flexibility index (Phi) is 6.21. The molecule has 1 aromatic heterocycles. The molecule has 2 aromatic rings. The maximum Gasteiger partial charge on any atom is 0.237 e. The highest BCUT2D eigenvalue weighted by Crippen LogP contribution is 2.26. The van der Waals surface area contributed by atoms with E-state index < -0.39 is 0 Å². The number of anilines is 2. The van der Waals surface area contributed by atoms with E-state index in [0.29, 0.717) is 18.3 Å². The number of amides is 1. The lowest BCUT2D eigenvalue weighted by Gasteiger charge is -2.20. The van der Waals surface area contributed by atoms with Crippen LogP contribution in [0.15, 0.2) is 34.7 Å². The second kappa shape index (κ2) is 8.14. The Bertz CT molecular complexity index is 601. The van der Waals surface area contributed by atoms with Crippen LogP contribution in [0.25, 0.3) is 0 Å². The molecular weight excluding hydrogens is 316 g/mol. The first-order chi connectivity index (χ1) is 10.6. The lowest BCUT2D eigenvalue weighted by atomic mass is 10.3. The Hall–Kier alpha value is -1.60. The molecule has 0 aliphatic heterocycles. The third-order valence-corrected chi connectivity index (χ3v) is 4.80. The monoisotopic (exact) mass is 336 g/mol. The Labute approximate surface area is 139 Å². The van der Waals surface area contributed by atoms with Gasteiger partial charge >= 0.3 is 0 Å². The first kappa shape index (κ1) is 16.8. The summed E-state index contributed by atoms with van der Waals surface area (Å²) in [5.74, 6) is 0.436. The average Bonchev–Trinajstić information content (AvgIpc) is 2.94. The second-order valence-corrected chi connectivity index (χ2v) is 7.13. The van der Waals surface area contributed by atoms with E-state index in [2.05, 4.69) is 29.4 Å². The molecule has 1 heterocycles. The summed E-state index contributed by atoms with van der Waals surface area (Å²) in [7, 11) is 0. The highest BCUT2D eigenvalue weighted by molar-refractivity contribution is 8.01. The average molecular weight is 336 g/mol. The van der Waals surface area contributed by atoms with E-state index in [1.807, 2.05) is 37.3 Å². The molecule has 0 aliphatic rings. The van der Waals surface area contributed by atoms with Crippen molar-refractivity contribution in [2.45, 2.75) is 31.2 Å². The van der Waals surface area contributed by atoms with Gasteiger partial charge in [-0.2, -0.15) is 0 Å². The zero-order valence-corrected chi connectivity index (χ0v) is 14.6. The van der Waals surface area contributed by atoms with Crippen molar-refractivity contribution in [2.75, 3.05) is 22.5 Å². The van der Waals surface area contributed by atoms with Crippen LogP contribution in [-0.4, -0.2) is 34.4 Å². The standard InChI is InChI=1S/C15H20N4OS2/c1-4-19(12-8-6-5-7-9-12)13(20)10-21-15-18-17-14(22-15)16-11(2)3/h5-9,11H,4,10H2,1-3H3,(H,16,17). The first-order valence-electron chi connectivity index (χ1n) is 7.18. The molecule has 1 amide bonds. The van der Waals surface area contributed by atoms with Crippen LogP contribution >= 0.6 is 23.1 Å². The third kappa shape index (κ3) is 4.71. The lowest BCUT2D eigenvalue weighted by Crippen LogP contribution is -2.32. The minimum atomic E-state index is 0.0762. The van der Waals surface area contributed by atoms with E-state index in [9.17, 15) is 4.79 Å². The number of hydrogen-bond donors (Lipinski definition) is 1. The van der Waals surface area contributed by atoms with Crippen LogP contribution in [0.4, 0.5) is 10.8 Å². The van der Waals surface area contributed by atoms with Gasteiger partial charge in [0.25, 0.3) is 0 Å². The second-order valence-electron chi connectivity index (χ2n) is 4.93. The molecule has 0 saturated carbocycles. The Morgan fingerprint density at radius 1 is 1.32 bits per heavy atom. The molecule has 0 atom stereocenters. The van der Waals surface area contributed by atoms with Gasteiger partial charge in [-0.25, -0.2) is 0 Å². The van der Waals surface area contributed by atoms with Crippen molar-refractivity contribution in [1.29, 1.82) is 0 Å². The van der Waals surface area contributed by atoms with Crippen molar-refractivity contribution in [1.82, 2.24) is 10.2 Å². The Morgan fingerprint density at radius 2 is 2.05 bits per heavy atom. The van der Waals surface area contributed by atoms with Gasteiger partial charge in [0, 0.05) is 18.3 Å². The summed E-state index contributed by atoms with van der Waals surface area (Å²) in [4.78, 5) is 14.2. The van der Waals surface area contributed by atoms with E-state index >= 15 is 0 Å². The van der Waals surface area contributed by atoms with Gasteiger partial charge in [-0.15, -0.1) is 10.2 Å². The summed E-state index contributed by atoms with van der Waals surface area (Å²) in [5.41, 5.74) is 0.926. The zero-order chi connectivity index (χ0) is 15.9. The van der Waals surface area contributed by atoms with Gasteiger partial charge < -0.3 is 10.2 Å². The Morgan fingerprint density at radius 3 is 2.68 bits per heavy atom. The van der Waals surface area contributed by atoms with E-state index in [1.165, 1.54) is 23.1 Å². The van der Waals surface area contributed by atoms with Gasteiger partial charge in [0.2, 0.25) is 11.0 Å². The van der Waals surface area contributed by atoms with Gasteiger partial charge in [0.05, 0.1) is 5.75 Å². The predicted octanol–water partition coefficient (Wildman–Crippen LogP) is 3.50. The van der Waals surface area contributed by atoms with Gasteiger partial charge in [-0.1, -0.05) is 41.3 Å². The first-order valence-corrected chi connectivity index (χ1v) is 8.98. The van der Waals surface area contributed by atoms with E-state index in [0.717, 1.165) is 15.2 Å². The molecule has 0 unspecified atom stereocenters. The molecule has 5 nitrogen and oxygen atoms in total. The van der Waals surface area contributed by atoms with Crippen molar-refractivity contribution in [3.05, 3.63) is 30.3 Å². The number of nitrogens with one attached hydrogen (secondary N) is 1. The molecule has 22 heavy (non-hydrogen) atoms. The fourth-order valence-electron chi connectivity index (χ4n) is 1.89. The van der Waals surface area contributed by atoms with Crippen LogP contribution in [0.2, 0.25) is 0 Å². The van der Waals surface area contributed by atoms with Gasteiger partial charge in [-0.3, -0.25) is 4.79 Å². The molecule has 0 saturated heterocycles. The number of nitrogens with zero attached hydrogens (tertiary/aromatic N) is 3. The molecule has 0 fully saturated rings. The summed E-state index contributed by atoms with van der Waals surface area (Å²) >= 11 is 2.91. The van der Waals surface area contributed by atoms with Crippen LogP contribution in [0, 0.1) is 0 Å². The van der Waals surface area contributed by atoms with Gasteiger partial charge in [-0.05, 0) is 32.9 Å². The number of aromatic nitrogens is 2. The highest BCUT2D eigenvalue weighted by Gasteiger charge is 2.15. The molecule has 0 bridgehead atoms. The Balaban J connectivity index is 1.92. The van der Waals surface area contributed by atoms with Crippen LogP contribution in [-0.2, 0) is 4.79 Å². The molecule has 0 spiro atoms. The predicted molar refractivity (Wildman–Crippen MR) is 93.9 cm³/mol. The molecule has 0 aliphatic carbocycles. The molecule has 1 aromatic carbocycles. The topological polar surface area (TPSA) is 58.1 Å². The van der Waals surface area contributed by atoms with Crippen molar-refractivity contribution < 1.29 is 4.79 Å². The molecular formula is C15H20N4OS2. The fraction of sp³-hybridized carbons (Fsp3) is 0.400. The van der Waals surface area contributed by atoms with Gasteiger partial charge in [0.1, 0.15) is 0 Å². The lowest BCUT2D eigenvalue weighted by molar-refractivity contribution is -0.116. The maximum atomic E-state index is 12.4. The fourth-order valence-corrected chi connectivity index (χ4v) is 3.66. The summed E-state index contributed by atoms with van der Waals surface area (Å²) < 4.78 is 0.806. The minimum Gasteiger partial charge on any atom is -0.358 e. The number of carbonyl (C=O) groups is 1. The quantitative estimate of drug-likeness (QED) is 0.784. The van der Waals surface area contributed by atoms with Crippen LogP contribution in [0.3, 0.4) is 0 Å². The minimum absolute atomic E-state index is 0.0762. The number of benzene rings is 1.